The summed E-state index contributed by atoms with van der Waals surface area (Å²) in [5.41, 5.74) is 1.12. The van der Waals surface area contributed by atoms with E-state index in [0.717, 1.165) is 23.1 Å². The Morgan fingerprint density at radius 1 is 1.56 bits per heavy atom. The third-order valence-electron chi connectivity index (χ3n) is 2.39. The fourth-order valence-corrected chi connectivity index (χ4v) is 2.35. The SMILES string of the molecule is CCc1csc(NC(C)c2nncn2C)n1. The zero-order valence-electron chi connectivity index (χ0n) is 9.64. The van der Waals surface area contributed by atoms with Gasteiger partial charge in [-0.1, -0.05) is 6.92 Å². The molecule has 1 unspecified atom stereocenters. The minimum Gasteiger partial charge on any atom is -0.352 e. The molecule has 0 fully saturated rings. The van der Waals surface area contributed by atoms with Crippen LogP contribution >= 0.6 is 11.3 Å². The van der Waals surface area contributed by atoms with E-state index in [1.165, 1.54) is 0 Å². The van der Waals surface area contributed by atoms with E-state index in [9.17, 15) is 0 Å². The molecule has 1 atom stereocenters. The number of rotatable bonds is 4. The van der Waals surface area contributed by atoms with Gasteiger partial charge in [0.1, 0.15) is 6.33 Å². The van der Waals surface area contributed by atoms with E-state index in [0.29, 0.717) is 0 Å². The fourth-order valence-electron chi connectivity index (χ4n) is 1.47. The number of anilines is 1. The molecule has 0 aromatic carbocycles. The van der Waals surface area contributed by atoms with Crippen molar-refractivity contribution in [3.63, 3.8) is 0 Å². The van der Waals surface area contributed by atoms with Gasteiger partial charge < -0.3 is 9.88 Å². The monoisotopic (exact) mass is 237 g/mol. The van der Waals surface area contributed by atoms with Crippen molar-refractivity contribution in [1.29, 1.82) is 0 Å². The summed E-state index contributed by atoms with van der Waals surface area (Å²) in [6.45, 7) is 4.15. The molecular weight excluding hydrogens is 222 g/mol. The van der Waals surface area contributed by atoms with Gasteiger partial charge in [-0.25, -0.2) is 4.98 Å². The molecule has 0 amide bonds. The summed E-state index contributed by atoms with van der Waals surface area (Å²) < 4.78 is 1.91. The van der Waals surface area contributed by atoms with E-state index in [4.69, 9.17) is 0 Å². The smallest absolute Gasteiger partial charge is 0.183 e. The van der Waals surface area contributed by atoms with Gasteiger partial charge in [0.25, 0.3) is 0 Å². The molecule has 0 bridgehead atoms. The second-order valence-electron chi connectivity index (χ2n) is 3.66. The second kappa shape index (κ2) is 4.61. The van der Waals surface area contributed by atoms with E-state index in [1.54, 1.807) is 17.7 Å². The van der Waals surface area contributed by atoms with Crippen molar-refractivity contribution >= 4 is 16.5 Å². The van der Waals surface area contributed by atoms with Crippen LogP contribution in [0, 0.1) is 0 Å². The molecule has 0 spiro atoms. The summed E-state index contributed by atoms with van der Waals surface area (Å²) in [5, 5.41) is 14.3. The highest BCUT2D eigenvalue weighted by molar-refractivity contribution is 7.13. The minimum absolute atomic E-state index is 0.114. The first-order valence-corrected chi connectivity index (χ1v) is 6.13. The molecule has 0 saturated heterocycles. The lowest BCUT2D eigenvalue weighted by atomic mass is 10.3. The summed E-state index contributed by atoms with van der Waals surface area (Å²) in [4.78, 5) is 4.46. The average molecular weight is 237 g/mol. The van der Waals surface area contributed by atoms with Crippen LogP contribution in [0.2, 0.25) is 0 Å². The third kappa shape index (κ3) is 2.21. The Hall–Kier alpha value is -1.43. The summed E-state index contributed by atoms with van der Waals surface area (Å²) in [6.07, 6.45) is 2.67. The van der Waals surface area contributed by atoms with Crippen molar-refractivity contribution in [1.82, 2.24) is 19.7 Å². The van der Waals surface area contributed by atoms with E-state index in [-0.39, 0.29) is 6.04 Å². The zero-order chi connectivity index (χ0) is 11.5. The number of nitrogens with one attached hydrogen (secondary N) is 1. The van der Waals surface area contributed by atoms with Crippen molar-refractivity contribution in [2.75, 3.05) is 5.32 Å². The summed E-state index contributed by atoms with van der Waals surface area (Å²) in [7, 11) is 1.94. The van der Waals surface area contributed by atoms with Crippen LogP contribution in [0.4, 0.5) is 5.13 Å². The van der Waals surface area contributed by atoms with Crippen molar-refractivity contribution in [2.45, 2.75) is 26.3 Å². The third-order valence-corrected chi connectivity index (χ3v) is 3.21. The molecule has 2 aromatic rings. The van der Waals surface area contributed by atoms with Crippen LogP contribution in [0.5, 0.6) is 0 Å². The number of hydrogen-bond donors (Lipinski definition) is 1. The van der Waals surface area contributed by atoms with Gasteiger partial charge in [0, 0.05) is 12.4 Å². The number of thiazole rings is 1. The molecule has 1 N–H and O–H groups in total. The van der Waals surface area contributed by atoms with Crippen LogP contribution in [0.15, 0.2) is 11.7 Å². The Labute approximate surface area is 98.5 Å². The normalized spacial score (nSPS) is 12.7. The van der Waals surface area contributed by atoms with Crippen LogP contribution in [-0.2, 0) is 13.5 Å². The summed E-state index contributed by atoms with van der Waals surface area (Å²) >= 11 is 1.63. The van der Waals surface area contributed by atoms with Crippen molar-refractivity contribution < 1.29 is 0 Å². The van der Waals surface area contributed by atoms with E-state index >= 15 is 0 Å². The largest absolute Gasteiger partial charge is 0.352 e. The number of aryl methyl sites for hydroxylation is 2. The van der Waals surface area contributed by atoms with E-state index in [2.05, 4.69) is 39.7 Å². The van der Waals surface area contributed by atoms with Crippen LogP contribution in [0.1, 0.15) is 31.4 Å². The molecule has 0 radical (unpaired) electrons. The van der Waals surface area contributed by atoms with Crippen LogP contribution < -0.4 is 5.32 Å². The van der Waals surface area contributed by atoms with Gasteiger partial charge >= 0.3 is 0 Å². The molecule has 2 heterocycles. The Balaban J connectivity index is 2.07. The maximum Gasteiger partial charge on any atom is 0.183 e. The van der Waals surface area contributed by atoms with Gasteiger partial charge in [-0.3, -0.25) is 0 Å². The topological polar surface area (TPSA) is 55.6 Å². The Morgan fingerprint density at radius 2 is 2.38 bits per heavy atom. The van der Waals surface area contributed by atoms with Gasteiger partial charge in [0.2, 0.25) is 0 Å². The Morgan fingerprint density at radius 3 is 2.94 bits per heavy atom. The van der Waals surface area contributed by atoms with E-state index in [1.807, 2.05) is 11.6 Å². The number of aromatic nitrogens is 4. The van der Waals surface area contributed by atoms with Crippen LogP contribution in [0.3, 0.4) is 0 Å². The van der Waals surface area contributed by atoms with Gasteiger partial charge in [-0.05, 0) is 13.3 Å². The first-order valence-electron chi connectivity index (χ1n) is 5.25. The average Bonchev–Trinajstić information content (AvgIpc) is 2.86. The lowest BCUT2D eigenvalue weighted by Gasteiger charge is -2.11. The highest BCUT2D eigenvalue weighted by Gasteiger charge is 2.12. The molecule has 2 rings (SSSR count). The predicted molar refractivity (Wildman–Crippen MR) is 64.5 cm³/mol. The summed E-state index contributed by atoms with van der Waals surface area (Å²) in [6, 6.07) is 0.114. The molecule has 86 valence electrons. The minimum atomic E-state index is 0.114. The second-order valence-corrected chi connectivity index (χ2v) is 4.52. The quantitative estimate of drug-likeness (QED) is 0.883. The molecule has 6 heteroatoms. The standard InChI is InChI=1S/C10H15N5S/c1-4-8-5-16-10(13-8)12-7(2)9-14-11-6-15(9)3/h5-7H,4H2,1-3H3,(H,12,13). The zero-order valence-corrected chi connectivity index (χ0v) is 10.5. The van der Waals surface area contributed by atoms with Gasteiger partial charge in [-0.15, -0.1) is 21.5 Å². The molecule has 16 heavy (non-hydrogen) atoms. The molecule has 0 aliphatic carbocycles. The van der Waals surface area contributed by atoms with Crippen molar-refractivity contribution in [3.05, 3.63) is 23.2 Å². The number of hydrogen-bond acceptors (Lipinski definition) is 5. The molecule has 2 aromatic heterocycles. The summed E-state index contributed by atoms with van der Waals surface area (Å²) in [5.74, 6) is 0.910. The molecule has 5 nitrogen and oxygen atoms in total. The highest BCUT2D eigenvalue weighted by Crippen LogP contribution is 2.21. The fraction of sp³-hybridized carbons (Fsp3) is 0.500. The predicted octanol–water partition coefficient (Wildman–Crippen LogP) is 2.01. The van der Waals surface area contributed by atoms with Crippen LogP contribution in [-0.4, -0.2) is 19.7 Å². The van der Waals surface area contributed by atoms with Gasteiger partial charge in [-0.2, -0.15) is 0 Å². The maximum atomic E-state index is 4.46. The van der Waals surface area contributed by atoms with Crippen molar-refractivity contribution in [3.8, 4) is 0 Å². The van der Waals surface area contributed by atoms with Gasteiger partial charge in [0.15, 0.2) is 11.0 Å². The van der Waals surface area contributed by atoms with Crippen molar-refractivity contribution in [2.24, 2.45) is 7.05 Å². The lowest BCUT2D eigenvalue weighted by molar-refractivity contribution is 0.718. The molecule has 0 saturated carbocycles. The molecule has 0 aliphatic heterocycles. The van der Waals surface area contributed by atoms with Crippen LogP contribution in [0.25, 0.3) is 0 Å². The first kappa shape index (κ1) is 11.1. The highest BCUT2D eigenvalue weighted by atomic mass is 32.1. The maximum absolute atomic E-state index is 4.46. The Kier molecular flexibility index (Phi) is 3.19. The lowest BCUT2D eigenvalue weighted by Crippen LogP contribution is -2.11. The van der Waals surface area contributed by atoms with E-state index < -0.39 is 0 Å². The number of nitrogens with zero attached hydrogens (tertiary/aromatic N) is 4. The first-order chi connectivity index (χ1) is 7.70. The Bertz CT molecular complexity index is 461. The van der Waals surface area contributed by atoms with Gasteiger partial charge in [0.05, 0.1) is 11.7 Å². The molecular formula is C10H15N5S. The molecule has 0 aliphatic rings.